The third kappa shape index (κ3) is 7.88. The molecule has 0 bridgehead atoms. The van der Waals surface area contributed by atoms with Crippen molar-refractivity contribution in [3.05, 3.63) is 88.7 Å². The quantitative estimate of drug-likeness (QED) is 0.0913. The van der Waals surface area contributed by atoms with Gasteiger partial charge in [-0.2, -0.15) is 0 Å². The number of aromatic amines is 1. The number of nitrogens with one attached hydrogen (secondary N) is 5. The number of carbonyl (C=O) groups is 6. The van der Waals surface area contributed by atoms with Gasteiger partial charge in [0.15, 0.2) is 0 Å². The van der Waals surface area contributed by atoms with E-state index in [1.165, 1.54) is 12.8 Å². The summed E-state index contributed by atoms with van der Waals surface area (Å²) in [5.41, 5.74) is 4.30. The summed E-state index contributed by atoms with van der Waals surface area (Å²) in [5, 5.41) is 11.3. The summed E-state index contributed by atoms with van der Waals surface area (Å²) in [6, 6.07) is 16.7. The molecule has 0 aliphatic carbocycles. The van der Waals surface area contributed by atoms with E-state index in [4.69, 9.17) is 4.98 Å². The SMILES string of the molecule is C[C@H]1CCCN1Cc1nc2ccc(NC(=O)c3ccc(C(=O)NCCCCCCNc4cccc5c4C(=O)N(C4CCC(=O)NC4=O)C5=O)cc3)cc2[nH]1. The van der Waals surface area contributed by atoms with Crippen LogP contribution >= 0.6 is 0 Å². The molecule has 4 aromatic rings. The highest BCUT2D eigenvalue weighted by Crippen LogP contribution is 2.32. The molecule has 2 fully saturated rings. The van der Waals surface area contributed by atoms with Crippen LogP contribution in [-0.4, -0.2) is 86.9 Å². The number of benzene rings is 3. The van der Waals surface area contributed by atoms with Crippen LogP contribution in [0.15, 0.2) is 60.7 Å². The Kier molecular flexibility index (Phi) is 10.8. The van der Waals surface area contributed by atoms with Crippen LogP contribution in [0.4, 0.5) is 11.4 Å². The number of likely N-dealkylation sites (tertiary alicyclic amines) is 1. The highest BCUT2D eigenvalue weighted by Gasteiger charge is 2.45. The van der Waals surface area contributed by atoms with E-state index in [0.29, 0.717) is 41.6 Å². The average molecular weight is 733 g/mol. The highest BCUT2D eigenvalue weighted by molar-refractivity contribution is 6.25. The summed E-state index contributed by atoms with van der Waals surface area (Å²) in [5.74, 6) is -1.70. The van der Waals surface area contributed by atoms with Gasteiger partial charge < -0.3 is 20.9 Å². The number of aromatic nitrogens is 2. The maximum absolute atomic E-state index is 13.3. The number of anilines is 2. The molecule has 0 saturated carbocycles. The smallest absolute Gasteiger partial charge is 0.264 e. The lowest BCUT2D eigenvalue weighted by Gasteiger charge is -2.27. The molecule has 14 heteroatoms. The fraction of sp³-hybridized carbons (Fsp3) is 0.375. The van der Waals surface area contributed by atoms with Crippen LogP contribution in [0.1, 0.15) is 106 Å². The molecule has 7 rings (SSSR count). The fourth-order valence-electron chi connectivity index (χ4n) is 7.40. The molecule has 5 N–H and O–H groups in total. The van der Waals surface area contributed by atoms with Crippen LogP contribution in [0.5, 0.6) is 0 Å². The van der Waals surface area contributed by atoms with Gasteiger partial charge in [0.25, 0.3) is 23.6 Å². The second-order valence-corrected chi connectivity index (χ2v) is 14.2. The van der Waals surface area contributed by atoms with Crippen LogP contribution in [-0.2, 0) is 16.1 Å². The molecule has 4 heterocycles. The number of rotatable bonds is 14. The van der Waals surface area contributed by atoms with Crippen molar-refractivity contribution in [3.8, 4) is 0 Å². The molecule has 2 saturated heterocycles. The highest BCUT2D eigenvalue weighted by atomic mass is 16.2. The third-order valence-electron chi connectivity index (χ3n) is 10.4. The zero-order valence-corrected chi connectivity index (χ0v) is 30.2. The first kappa shape index (κ1) is 36.5. The van der Waals surface area contributed by atoms with Crippen LogP contribution in [0.3, 0.4) is 0 Å². The summed E-state index contributed by atoms with van der Waals surface area (Å²) < 4.78 is 0. The molecule has 1 aromatic heterocycles. The second kappa shape index (κ2) is 16.0. The molecule has 14 nitrogen and oxygen atoms in total. The monoisotopic (exact) mass is 732 g/mol. The van der Waals surface area contributed by atoms with Crippen molar-refractivity contribution < 1.29 is 28.8 Å². The number of carbonyl (C=O) groups excluding carboxylic acids is 6. The average Bonchev–Trinajstić information content (AvgIpc) is 3.84. The number of imidazole rings is 1. The first-order chi connectivity index (χ1) is 26.2. The van der Waals surface area contributed by atoms with E-state index in [1.807, 2.05) is 18.2 Å². The van der Waals surface area contributed by atoms with Crippen molar-refractivity contribution in [1.29, 1.82) is 0 Å². The van der Waals surface area contributed by atoms with Crippen molar-refractivity contribution in [2.45, 2.75) is 76.9 Å². The summed E-state index contributed by atoms with van der Waals surface area (Å²) >= 11 is 0. The molecule has 3 aliphatic rings. The van der Waals surface area contributed by atoms with Gasteiger partial charge in [-0.3, -0.25) is 43.9 Å². The Hall–Kier alpha value is -5.89. The van der Waals surface area contributed by atoms with Crippen LogP contribution < -0.4 is 21.3 Å². The van der Waals surface area contributed by atoms with Gasteiger partial charge in [0.1, 0.15) is 11.9 Å². The number of unbranched alkanes of at least 4 members (excludes halogenated alkanes) is 3. The molecule has 280 valence electrons. The van der Waals surface area contributed by atoms with Gasteiger partial charge in [-0.25, -0.2) is 4.98 Å². The van der Waals surface area contributed by atoms with Crippen molar-refractivity contribution in [2.75, 3.05) is 30.3 Å². The van der Waals surface area contributed by atoms with Gasteiger partial charge in [-0.05, 0) is 100 Å². The summed E-state index contributed by atoms with van der Waals surface area (Å²) in [7, 11) is 0. The summed E-state index contributed by atoms with van der Waals surface area (Å²) in [6.07, 6.45) is 5.92. The maximum atomic E-state index is 13.3. The number of hydrogen-bond acceptors (Lipinski definition) is 9. The number of nitrogens with zero attached hydrogens (tertiary/aromatic N) is 3. The van der Waals surface area contributed by atoms with Gasteiger partial charge in [0.2, 0.25) is 11.8 Å². The zero-order valence-electron chi connectivity index (χ0n) is 30.2. The van der Waals surface area contributed by atoms with E-state index in [-0.39, 0.29) is 35.8 Å². The second-order valence-electron chi connectivity index (χ2n) is 14.2. The lowest BCUT2D eigenvalue weighted by atomic mass is 10.0. The standard InChI is InChI=1S/C40H44N8O6/c1-24-8-7-21-47(24)23-33-44-29-16-15-27(22-31(29)45-33)43-37(51)26-13-11-25(12-14-26)36(50)42-20-5-3-2-4-19-41-30-10-6-9-28-35(30)40(54)48(39(28)53)32-17-18-34(49)46-38(32)52/h6,9-16,22,24,32,41H,2-5,7-8,17-21,23H2,1H3,(H,42,50)(H,43,51)(H,44,45)(H,46,49,52)/t24-,32?/m0/s1. The van der Waals surface area contributed by atoms with E-state index in [9.17, 15) is 28.8 Å². The van der Waals surface area contributed by atoms with E-state index >= 15 is 0 Å². The zero-order chi connectivity index (χ0) is 37.8. The van der Waals surface area contributed by atoms with Gasteiger partial charge in [-0.15, -0.1) is 0 Å². The Morgan fingerprint density at radius 3 is 2.37 bits per heavy atom. The predicted octanol–water partition coefficient (Wildman–Crippen LogP) is 4.60. The Morgan fingerprint density at radius 1 is 0.870 bits per heavy atom. The Morgan fingerprint density at radius 2 is 1.63 bits per heavy atom. The molecule has 6 amide bonds. The first-order valence-corrected chi connectivity index (χ1v) is 18.7. The molecule has 3 aromatic carbocycles. The van der Waals surface area contributed by atoms with Crippen molar-refractivity contribution in [1.82, 2.24) is 30.4 Å². The number of imide groups is 2. The van der Waals surface area contributed by atoms with Gasteiger partial charge >= 0.3 is 0 Å². The van der Waals surface area contributed by atoms with Crippen molar-refractivity contribution >= 4 is 57.9 Å². The van der Waals surface area contributed by atoms with E-state index in [2.05, 4.69) is 38.1 Å². The molecular weight excluding hydrogens is 688 g/mol. The minimum absolute atomic E-state index is 0.0671. The lowest BCUT2D eigenvalue weighted by Crippen LogP contribution is -2.54. The van der Waals surface area contributed by atoms with E-state index < -0.39 is 29.7 Å². The van der Waals surface area contributed by atoms with Crippen LogP contribution in [0.25, 0.3) is 11.0 Å². The van der Waals surface area contributed by atoms with Crippen LogP contribution in [0, 0.1) is 0 Å². The number of fused-ring (bicyclic) bond motifs is 2. The summed E-state index contributed by atoms with van der Waals surface area (Å²) in [4.78, 5) is 87.4. The van der Waals surface area contributed by atoms with Gasteiger partial charge in [-0.1, -0.05) is 18.9 Å². The number of H-pyrrole nitrogens is 1. The van der Waals surface area contributed by atoms with Gasteiger partial charge in [0.05, 0.1) is 28.7 Å². The predicted molar refractivity (Wildman–Crippen MR) is 202 cm³/mol. The number of piperidine rings is 1. The third-order valence-corrected chi connectivity index (χ3v) is 10.4. The lowest BCUT2D eigenvalue weighted by molar-refractivity contribution is -0.136. The topological polar surface area (TPSA) is 186 Å². The maximum Gasteiger partial charge on any atom is 0.264 e. The van der Waals surface area contributed by atoms with Gasteiger partial charge in [0, 0.05) is 48.1 Å². The Bertz CT molecular complexity index is 2110. The molecular formula is C40H44N8O6. The van der Waals surface area contributed by atoms with E-state index in [1.54, 1.807) is 42.5 Å². The number of hydrogen-bond donors (Lipinski definition) is 5. The van der Waals surface area contributed by atoms with Crippen molar-refractivity contribution in [3.63, 3.8) is 0 Å². The normalized spacial score (nSPS) is 18.6. The molecule has 54 heavy (non-hydrogen) atoms. The molecule has 0 radical (unpaired) electrons. The fourth-order valence-corrected chi connectivity index (χ4v) is 7.40. The Balaban J connectivity index is 0.811. The molecule has 0 spiro atoms. The Labute approximate surface area is 312 Å². The summed E-state index contributed by atoms with van der Waals surface area (Å²) in [6.45, 7) is 5.17. The molecule has 2 atom stereocenters. The largest absolute Gasteiger partial charge is 0.384 e. The van der Waals surface area contributed by atoms with Crippen LogP contribution in [0.2, 0.25) is 0 Å². The van der Waals surface area contributed by atoms with Crippen molar-refractivity contribution in [2.24, 2.45) is 0 Å². The minimum atomic E-state index is -1.01. The first-order valence-electron chi connectivity index (χ1n) is 18.7. The van der Waals surface area contributed by atoms with E-state index in [0.717, 1.165) is 60.5 Å². The minimum Gasteiger partial charge on any atom is -0.384 e. The number of amides is 6. The molecule has 3 aliphatic heterocycles. The molecule has 1 unspecified atom stereocenters.